The number of Topliss-reactive ketones (excluding diaryl/α,β-unsaturated/α-hetero) is 1. The summed E-state index contributed by atoms with van der Waals surface area (Å²) in [7, 11) is 0. The Hall–Kier alpha value is -2.19. The number of carbonyl (C=O) groups excluding carboxylic acids is 4. The Kier molecular flexibility index (Phi) is 6.85. The van der Waals surface area contributed by atoms with Gasteiger partial charge in [-0.25, -0.2) is 0 Å². The number of ketones is 1. The van der Waals surface area contributed by atoms with Crippen molar-refractivity contribution in [2.75, 3.05) is 12.3 Å². The lowest BCUT2D eigenvalue weighted by molar-refractivity contribution is -0.137. The summed E-state index contributed by atoms with van der Waals surface area (Å²) in [5.41, 5.74) is 6.90. The number of fused-ring (bicyclic) bond motifs is 1. The maximum absolute atomic E-state index is 12.8. The second kappa shape index (κ2) is 9.34. The van der Waals surface area contributed by atoms with Gasteiger partial charge < -0.3 is 10.6 Å². The topological polar surface area (TPSA) is 110 Å². The van der Waals surface area contributed by atoms with Crippen LogP contribution in [0.5, 0.6) is 0 Å². The number of rotatable bonds is 9. The third kappa shape index (κ3) is 4.62. The molecule has 2 aliphatic heterocycles. The van der Waals surface area contributed by atoms with E-state index >= 15 is 0 Å². The average molecular weight is 404 g/mol. The number of hydrogen-bond donors (Lipinski definition) is 2. The van der Waals surface area contributed by atoms with Crippen molar-refractivity contribution in [1.29, 1.82) is 0 Å². The highest BCUT2D eigenvalue weighted by molar-refractivity contribution is 8.00. The monoisotopic (exact) mass is 403 g/mol. The van der Waals surface area contributed by atoms with Gasteiger partial charge in [0.15, 0.2) is 0 Å². The SMILES string of the molecule is NCCCCCC(=O)CSc1cccc2c1CN(C1CCC(=O)NC1=O)C2=O. The first-order chi connectivity index (χ1) is 13.5. The third-order valence-electron chi connectivity index (χ3n) is 5.09. The summed E-state index contributed by atoms with van der Waals surface area (Å²) < 4.78 is 0. The average Bonchev–Trinajstić information content (AvgIpc) is 3.01. The number of unbranched alkanes of at least 4 members (excludes halogenated alkanes) is 2. The van der Waals surface area contributed by atoms with E-state index in [0.29, 0.717) is 37.2 Å². The van der Waals surface area contributed by atoms with Gasteiger partial charge in [-0.1, -0.05) is 12.5 Å². The molecule has 0 bridgehead atoms. The molecular formula is C20H25N3O4S. The van der Waals surface area contributed by atoms with Crippen molar-refractivity contribution >= 4 is 35.3 Å². The van der Waals surface area contributed by atoms with Gasteiger partial charge in [-0.05, 0) is 43.5 Å². The number of nitrogens with two attached hydrogens (primary N) is 1. The quantitative estimate of drug-likeness (QED) is 0.368. The standard InChI is InChI=1S/C20H25N3O4S/c21-10-3-1-2-5-13(24)12-28-17-7-4-6-14-15(17)11-23(20(14)27)16-8-9-18(25)22-19(16)26/h4,6-7,16H,1-3,5,8-12,21H2,(H,22,25,26). The Morgan fingerprint density at radius 3 is 2.79 bits per heavy atom. The summed E-state index contributed by atoms with van der Waals surface area (Å²) in [6.07, 6.45) is 3.87. The van der Waals surface area contributed by atoms with Gasteiger partial charge in [0, 0.05) is 29.8 Å². The first kappa shape index (κ1) is 20.5. The van der Waals surface area contributed by atoms with Crippen LogP contribution >= 0.6 is 11.8 Å². The van der Waals surface area contributed by atoms with E-state index in [2.05, 4.69) is 5.32 Å². The van der Waals surface area contributed by atoms with E-state index in [1.165, 1.54) is 16.7 Å². The van der Waals surface area contributed by atoms with E-state index in [1.807, 2.05) is 6.07 Å². The zero-order chi connectivity index (χ0) is 20.1. The second-order valence-electron chi connectivity index (χ2n) is 7.11. The fourth-order valence-corrected chi connectivity index (χ4v) is 4.55. The number of carbonyl (C=O) groups is 4. The molecular weight excluding hydrogens is 378 g/mol. The van der Waals surface area contributed by atoms with Crippen LogP contribution in [0.3, 0.4) is 0 Å². The molecule has 1 atom stereocenters. The van der Waals surface area contributed by atoms with Crippen LogP contribution in [0.4, 0.5) is 0 Å². The summed E-state index contributed by atoms with van der Waals surface area (Å²) in [5.74, 6) is -0.358. The normalized spacial score (nSPS) is 19.0. The molecule has 0 radical (unpaired) electrons. The van der Waals surface area contributed by atoms with Gasteiger partial charge in [-0.15, -0.1) is 11.8 Å². The molecule has 0 spiro atoms. The molecule has 1 saturated heterocycles. The van der Waals surface area contributed by atoms with E-state index in [9.17, 15) is 19.2 Å². The van der Waals surface area contributed by atoms with Crippen molar-refractivity contribution in [2.45, 2.75) is 56.0 Å². The number of imide groups is 1. The van der Waals surface area contributed by atoms with E-state index in [1.54, 1.807) is 12.1 Å². The zero-order valence-corrected chi connectivity index (χ0v) is 16.6. The maximum atomic E-state index is 12.8. The fraction of sp³-hybridized carbons (Fsp3) is 0.500. The number of benzene rings is 1. The summed E-state index contributed by atoms with van der Waals surface area (Å²) in [6.45, 7) is 0.977. The van der Waals surface area contributed by atoms with Crippen LogP contribution in [-0.4, -0.2) is 46.7 Å². The third-order valence-corrected chi connectivity index (χ3v) is 6.25. The van der Waals surface area contributed by atoms with E-state index in [4.69, 9.17) is 5.73 Å². The Bertz CT molecular complexity index is 796. The molecule has 0 aliphatic carbocycles. The molecule has 150 valence electrons. The Morgan fingerprint density at radius 2 is 2.04 bits per heavy atom. The molecule has 1 aromatic rings. The van der Waals surface area contributed by atoms with Gasteiger partial charge in [-0.2, -0.15) is 0 Å². The summed E-state index contributed by atoms with van der Waals surface area (Å²) >= 11 is 1.44. The minimum Gasteiger partial charge on any atom is -0.330 e. The highest BCUT2D eigenvalue weighted by Gasteiger charge is 2.39. The van der Waals surface area contributed by atoms with Gasteiger partial charge in [0.1, 0.15) is 11.8 Å². The lowest BCUT2D eigenvalue weighted by Crippen LogP contribution is -2.52. The highest BCUT2D eigenvalue weighted by Crippen LogP contribution is 2.34. The molecule has 1 fully saturated rings. The molecule has 0 aromatic heterocycles. The number of nitrogens with one attached hydrogen (secondary N) is 1. The molecule has 0 saturated carbocycles. The maximum Gasteiger partial charge on any atom is 0.255 e. The molecule has 2 aliphatic rings. The summed E-state index contributed by atoms with van der Waals surface area (Å²) in [6, 6.07) is 4.84. The van der Waals surface area contributed by atoms with Crippen molar-refractivity contribution < 1.29 is 19.2 Å². The number of amides is 3. The van der Waals surface area contributed by atoms with Crippen LogP contribution < -0.4 is 11.1 Å². The Labute approximate surface area is 168 Å². The molecule has 2 heterocycles. The van der Waals surface area contributed by atoms with E-state index < -0.39 is 11.9 Å². The number of nitrogens with zero attached hydrogens (tertiary/aromatic N) is 1. The minimum absolute atomic E-state index is 0.186. The lowest BCUT2D eigenvalue weighted by Gasteiger charge is -2.29. The fourth-order valence-electron chi connectivity index (χ4n) is 3.57. The summed E-state index contributed by atoms with van der Waals surface area (Å²) in [5, 5.41) is 2.31. The van der Waals surface area contributed by atoms with Gasteiger partial charge in [0.05, 0.1) is 5.75 Å². The van der Waals surface area contributed by atoms with Crippen molar-refractivity contribution in [2.24, 2.45) is 5.73 Å². The molecule has 3 rings (SSSR count). The zero-order valence-electron chi connectivity index (χ0n) is 15.7. The number of hydrogen-bond acceptors (Lipinski definition) is 6. The molecule has 1 aromatic carbocycles. The van der Waals surface area contributed by atoms with Crippen LogP contribution in [-0.2, 0) is 20.9 Å². The second-order valence-corrected chi connectivity index (χ2v) is 8.13. The van der Waals surface area contributed by atoms with Crippen molar-refractivity contribution in [3.05, 3.63) is 29.3 Å². The van der Waals surface area contributed by atoms with Crippen LogP contribution in [0, 0.1) is 0 Å². The Morgan fingerprint density at radius 1 is 1.21 bits per heavy atom. The molecule has 8 heteroatoms. The van der Waals surface area contributed by atoms with Gasteiger partial charge in [-0.3, -0.25) is 24.5 Å². The highest BCUT2D eigenvalue weighted by atomic mass is 32.2. The van der Waals surface area contributed by atoms with Gasteiger partial charge in [0.2, 0.25) is 11.8 Å². The van der Waals surface area contributed by atoms with Gasteiger partial charge >= 0.3 is 0 Å². The molecule has 3 N–H and O–H groups in total. The van der Waals surface area contributed by atoms with Crippen LogP contribution in [0.1, 0.15) is 54.4 Å². The van der Waals surface area contributed by atoms with Crippen LogP contribution in [0.2, 0.25) is 0 Å². The summed E-state index contributed by atoms with van der Waals surface area (Å²) in [4.78, 5) is 50.9. The van der Waals surface area contributed by atoms with Crippen molar-refractivity contribution in [3.63, 3.8) is 0 Å². The minimum atomic E-state index is -0.625. The largest absolute Gasteiger partial charge is 0.330 e. The van der Waals surface area contributed by atoms with Crippen LogP contribution in [0.15, 0.2) is 23.1 Å². The smallest absolute Gasteiger partial charge is 0.255 e. The van der Waals surface area contributed by atoms with E-state index in [-0.39, 0.29) is 24.0 Å². The molecule has 1 unspecified atom stereocenters. The van der Waals surface area contributed by atoms with Crippen molar-refractivity contribution in [1.82, 2.24) is 10.2 Å². The first-order valence-corrected chi connectivity index (χ1v) is 10.6. The van der Waals surface area contributed by atoms with Crippen molar-refractivity contribution in [3.8, 4) is 0 Å². The van der Waals surface area contributed by atoms with Gasteiger partial charge in [0.25, 0.3) is 5.91 Å². The van der Waals surface area contributed by atoms with E-state index in [0.717, 1.165) is 29.7 Å². The molecule has 7 nitrogen and oxygen atoms in total. The molecule has 28 heavy (non-hydrogen) atoms. The first-order valence-electron chi connectivity index (χ1n) is 9.62. The lowest BCUT2D eigenvalue weighted by atomic mass is 10.0. The Balaban J connectivity index is 1.63. The predicted molar refractivity (Wildman–Crippen MR) is 106 cm³/mol. The number of thioether (sulfide) groups is 1. The number of piperidine rings is 1. The predicted octanol–water partition coefficient (Wildman–Crippen LogP) is 1.63. The van der Waals surface area contributed by atoms with Crippen LogP contribution in [0.25, 0.3) is 0 Å². The molecule has 3 amide bonds.